The second kappa shape index (κ2) is 8.15. The Hall–Kier alpha value is -1.10. The standard InChI is InChI=1S/C14H26N2O3/c1-10(2)6-11(7-13(17)18)8-16-14(19)12-4-3-5-15-9-12/h10-12,15H,3-9H2,1-2H3,(H,16,19)(H,17,18)/t11?,12-/m1/s1. The molecule has 1 saturated heterocycles. The summed E-state index contributed by atoms with van der Waals surface area (Å²) in [5, 5.41) is 15.0. The Morgan fingerprint density at radius 3 is 2.68 bits per heavy atom. The van der Waals surface area contributed by atoms with E-state index >= 15 is 0 Å². The number of hydrogen-bond acceptors (Lipinski definition) is 3. The average Bonchev–Trinajstić information content (AvgIpc) is 2.35. The van der Waals surface area contributed by atoms with Gasteiger partial charge in [-0.05, 0) is 37.6 Å². The lowest BCUT2D eigenvalue weighted by Crippen LogP contribution is -2.42. The molecule has 5 heteroatoms. The Morgan fingerprint density at radius 2 is 2.16 bits per heavy atom. The van der Waals surface area contributed by atoms with Crippen LogP contribution in [0.3, 0.4) is 0 Å². The van der Waals surface area contributed by atoms with E-state index in [1.54, 1.807) is 0 Å². The van der Waals surface area contributed by atoms with Gasteiger partial charge in [-0.2, -0.15) is 0 Å². The first-order chi connectivity index (χ1) is 8.99. The summed E-state index contributed by atoms with van der Waals surface area (Å²) in [7, 11) is 0. The maximum absolute atomic E-state index is 12.0. The van der Waals surface area contributed by atoms with Crippen molar-refractivity contribution in [3.8, 4) is 0 Å². The Bertz CT molecular complexity index is 299. The summed E-state index contributed by atoms with van der Waals surface area (Å²) < 4.78 is 0. The zero-order valence-corrected chi connectivity index (χ0v) is 11.9. The summed E-state index contributed by atoms with van der Waals surface area (Å²) in [4.78, 5) is 22.8. The van der Waals surface area contributed by atoms with E-state index in [0.29, 0.717) is 12.5 Å². The summed E-state index contributed by atoms with van der Waals surface area (Å²) >= 11 is 0. The van der Waals surface area contributed by atoms with Gasteiger partial charge in [0.2, 0.25) is 5.91 Å². The van der Waals surface area contributed by atoms with Crippen molar-refractivity contribution in [1.29, 1.82) is 0 Å². The van der Waals surface area contributed by atoms with Gasteiger partial charge in [-0.1, -0.05) is 13.8 Å². The van der Waals surface area contributed by atoms with Crippen LogP contribution in [0.5, 0.6) is 0 Å². The predicted molar refractivity (Wildman–Crippen MR) is 73.8 cm³/mol. The van der Waals surface area contributed by atoms with Crippen LogP contribution in [0, 0.1) is 17.8 Å². The van der Waals surface area contributed by atoms with E-state index < -0.39 is 5.97 Å². The number of rotatable bonds is 7. The monoisotopic (exact) mass is 270 g/mol. The zero-order chi connectivity index (χ0) is 14.3. The lowest BCUT2D eigenvalue weighted by atomic mass is 9.93. The summed E-state index contributed by atoms with van der Waals surface area (Å²) in [5.41, 5.74) is 0. The minimum atomic E-state index is -0.792. The van der Waals surface area contributed by atoms with E-state index in [2.05, 4.69) is 24.5 Å². The molecule has 0 spiro atoms. The van der Waals surface area contributed by atoms with Crippen LogP contribution in [0.15, 0.2) is 0 Å². The minimum Gasteiger partial charge on any atom is -0.481 e. The molecule has 110 valence electrons. The van der Waals surface area contributed by atoms with Gasteiger partial charge in [0.15, 0.2) is 0 Å². The first kappa shape index (κ1) is 16.0. The third-order valence-electron chi connectivity index (χ3n) is 3.50. The lowest BCUT2D eigenvalue weighted by molar-refractivity contribution is -0.138. The maximum Gasteiger partial charge on any atom is 0.303 e. The molecule has 5 nitrogen and oxygen atoms in total. The Balaban J connectivity index is 2.36. The molecule has 0 aliphatic carbocycles. The molecule has 0 aromatic heterocycles. The van der Waals surface area contributed by atoms with Crippen LogP contribution in [-0.2, 0) is 9.59 Å². The molecule has 0 bridgehead atoms. The summed E-state index contributed by atoms with van der Waals surface area (Å²) in [6.45, 7) is 6.33. The van der Waals surface area contributed by atoms with E-state index in [1.807, 2.05) is 0 Å². The molecule has 0 saturated carbocycles. The van der Waals surface area contributed by atoms with Crippen LogP contribution in [-0.4, -0.2) is 36.6 Å². The molecule has 1 heterocycles. The highest BCUT2D eigenvalue weighted by Crippen LogP contribution is 2.15. The Morgan fingerprint density at radius 1 is 1.42 bits per heavy atom. The smallest absolute Gasteiger partial charge is 0.303 e. The summed E-state index contributed by atoms with van der Waals surface area (Å²) in [6.07, 6.45) is 2.91. The molecule has 1 fully saturated rings. The first-order valence-corrected chi connectivity index (χ1v) is 7.19. The molecule has 0 aromatic rings. The molecule has 1 amide bonds. The fourth-order valence-electron chi connectivity index (χ4n) is 2.62. The number of amides is 1. The number of carbonyl (C=O) groups excluding carboxylic acids is 1. The van der Waals surface area contributed by atoms with Crippen LogP contribution in [0.25, 0.3) is 0 Å². The topological polar surface area (TPSA) is 78.4 Å². The third kappa shape index (κ3) is 6.57. The van der Waals surface area contributed by atoms with Crippen LogP contribution in [0.2, 0.25) is 0 Å². The van der Waals surface area contributed by atoms with Gasteiger partial charge in [0.1, 0.15) is 0 Å². The van der Waals surface area contributed by atoms with Gasteiger partial charge in [0, 0.05) is 19.5 Å². The van der Waals surface area contributed by atoms with Gasteiger partial charge in [-0.3, -0.25) is 9.59 Å². The van der Waals surface area contributed by atoms with Gasteiger partial charge in [0.05, 0.1) is 5.92 Å². The first-order valence-electron chi connectivity index (χ1n) is 7.19. The highest BCUT2D eigenvalue weighted by Gasteiger charge is 2.22. The second-order valence-corrected chi connectivity index (χ2v) is 5.88. The van der Waals surface area contributed by atoms with Gasteiger partial charge < -0.3 is 15.7 Å². The van der Waals surface area contributed by atoms with Crippen molar-refractivity contribution in [2.24, 2.45) is 17.8 Å². The predicted octanol–water partition coefficient (Wildman–Crippen LogP) is 1.24. The normalized spacial score (nSPS) is 21.1. The number of carbonyl (C=O) groups is 2. The van der Waals surface area contributed by atoms with E-state index in [1.165, 1.54) is 0 Å². The molecular formula is C14H26N2O3. The number of aliphatic carboxylic acids is 1. The SMILES string of the molecule is CC(C)CC(CNC(=O)[C@@H]1CCCNC1)CC(=O)O. The fraction of sp³-hybridized carbons (Fsp3) is 0.857. The summed E-state index contributed by atoms with van der Waals surface area (Å²) in [5.74, 6) is -0.223. The molecule has 1 aliphatic heterocycles. The van der Waals surface area contributed by atoms with Gasteiger partial charge in [-0.25, -0.2) is 0 Å². The van der Waals surface area contributed by atoms with E-state index in [-0.39, 0.29) is 24.2 Å². The van der Waals surface area contributed by atoms with Gasteiger partial charge in [-0.15, -0.1) is 0 Å². The largest absolute Gasteiger partial charge is 0.481 e. The number of piperidine rings is 1. The van der Waals surface area contributed by atoms with Crippen molar-refractivity contribution >= 4 is 11.9 Å². The zero-order valence-electron chi connectivity index (χ0n) is 11.9. The quantitative estimate of drug-likeness (QED) is 0.650. The van der Waals surface area contributed by atoms with E-state index in [0.717, 1.165) is 32.4 Å². The molecule has 0 radical (unpaired) electrons. The van der Waals surface area contributed by atoms with Crippen LogP contribution in [0.4, 0.5) is 0 Å². The van der Waals surface area contributed by atoms with Crippen molar-refractivity contribution in [3.63, 3.8) is 0 Å². The molecular weight excluding hydrogens is 244 g/mol. The average molecular weight is 270 g/mol. The maximum atomic E-state index is 12.0. The van der Waals surface area contributed by atoms with Crippen LogP contribution >= 0.6 is 0 Å². The van der Waals surface area contributed by atoms with Crippen molar-refractivity contribution < 1.29 is 14.7 Å². The fourth-order valence-corrected chi connectivity index (χ4v) is 2.62. The molecule has 1 rings (SSSR count). The minimum absolute atomic E-state index is 0.0259. The van der Waals surface area contributed by atoms with E-state index in [9.17, 15) is 9.59 Å². The number of hydrogen-bond donors (Lipinski definition) is 3. The highest BCUT2D eigenvalue weighted by atomic mass is 16.4. The molecule has 0 aromatic carbocycles. The van der Waals surface area contributed by atoms with Crippen LogP contribution < -0.4 is 10.6 Å². The third-order valence-corrected chi connectivity index (χ3v) is 3.50. The molecule has 1 aliphatic rings. The second-order valence-electron chi connectivity index (χ2n) is 5.88. The van der Waals surface area contributed by atoms with Crippen molar-refractivity contribution in [3.05, 3.63) is 0 Å². The highest BCUT2D eigenvalue weighted by molar-refractivity contribution is 5.79. The molecule has 2 atom stereocenters. The Labute approximate surface area is 115 Å². The van der Waals surface area contributed by atoms with E-state index in [4.69, 9.17) is 5.11 Å². The number of carboxylic acids is 1. The molecule has 1 unspecified atom stereocenters. The molecule has 3 N–H and O–H groups in total. The number of carboxylic acid groups (broad SMARTS) is 1. The lowest BCUT2D eigenvalue weighted by Gasteiger charge is -2.24. The molecule has 19 heavy (non-hydrogen) atoms. The van der Waals surface area contributed by atoms with Crippen molar-refractivity contribution in [2.45, 2.75) is 39.5 Å². The summed E-state index contributed by atoms with van der Waals surface area (Å²) in [6, 6.07) is 0. The van der Waals surface area contributed by atoms with Crippen molar-refractivity contribution in [2.75, 3.05) is 19.6 Å². The number of nitrogens with one attached hydrogen (secondary N) is 2. The van der Waals surface area contributed by atoms with Crippen LogP contribution in [0.1, 0.15) is 39.5 Å². The van der Waals surface area contributed by atoms with Gasteiger partial charge in [0.25, 0.3) is 0 Å². The Kier molecular flexibility index (Phi) is 6.84. The van der Waals surface area contributed by atoms with Gasteiger partial charge >= 0.3 is 5.97 Å². The van der Waals surface area contributed by atoms with Crippen molar-refractivity contribution in [1.82, 2.24) is 10.6 Å².